The lowest BCUT2D eigenvalue weighted by Gasteiger charge is -2.32. The highest BCUT2D eigenvalue weighted by Gasteiger charge is 2.28. The number of likely N-dealkylation sites (tertiary alicyclic amines) is 1. The van der Waals surface area contributed by atoms with Crippen molar-refractivity contribution in [2.45, 2.75) is 25.7 Å². The van der Waals surface area contributed by atoms with E-state index in [9.17, 15) is 4.79 Å². The third kappa shape index (κ3) is 2.62. The van der Waals surface area contributed by atoms with Gasteiger partial charge >= 0.3 is 0 Å². The molecule has 7 heteroatoms. The molecule has 1 atom stereocenters. The zero-order chi connectivity index (χ0) is 16.5. The molecule has 1 saturated heterocycles. The van der Waals surface area contributed by atoms with E-state index in [4.69, 9.17) is 0 Å². The molecule has 0 aliphatic carbocycles. The molecular weight excluding hydrogens is 304 g/mol. The van der Waals surface area contributed by atoms with E-state index in [2.05, 4.69) is 20.1 Å². The van der Waals surface area contributed by atoms with Crippen LogP contribution in [0.5, 0.6) is 0 Å². The van der Waals surface area contributed by atoms with E-state index in [1.165, 1.54) is 0 Å². The summed E-state index contributed by atoms with van der Waals surface area (Å²) in [6.45, 7) is 3.31. The Morgan fingerprint density at radius 3 is 3.08 bits per heavy atom. The lowest BCUT2D eigenvalue weighted by Crippen LogP contribution is -2.39. The lowest BCUT2D eigenvalue weighted by molar-refractivity contribution is 0.0707. The van der Waals surface area contributed by atoms with Crippen molar-refractivity contribution >= 4 is 11.6 Å². The van der Waals surface area contributed by atoms with Crippen molar-refractivity contribution in [3.63, 3.8) is 0 Å². The molecule has 1 aliphatic rings. The molecule has 24 heavy (non-hydrogen) atoms. The zero-order valence-electron chi connectivity index (χ0n) is 13.5. The normalized spacial score (nSPS) is 18.0. The third-order valence-corrected chi connectivity index (χ3v) is 4.43. The first-order chi connectivity index (χ1) is 11.7. The predicted molar refractivity (Wildman–Crippen MR) is 87.6 cm³/mol. The standard InChI is InChI=1S/C17H18N6O/c1-12-18-7-5-15(21-12)13-4-2-8-22(11-13)17(24)14-10-20-23-9-3-6-19-16(14)23/h3,5-7,9-10,13H,2,4,8,11H2,1H3/t13-/m1/s1. The quantitative estimate of drug-likeness (QED) is 0.719. The van der Waals surface area contributed by atoms with Crippen LogP contribution in [0.4, 0.5) is 0 Å². The number of carbonyl (C=O) groups is 1. The van der Waals surface area contributed by atoms with E-state index in [0.29, 0.717) is 17.8 Å². The van der Waals surface area contributed by atoms with Crippen LogP contribution < -0.4 is 0 Å². The maximum Gasteiger partial charge on any atom is 0.259 e. The SMILES string of the molecule is Cc1nccc([C@@H]2CCCN(C(=O)c3cnn4cccnc34)C2)n1. The Labute approximate surface area is 139 Å². The Morgan fingerprint density at radius 2 is 2.21 bits per heavy atom. The first-order valence-electron chi connectivity index (χ1n) is 8.09. The Balaban J connectivity index is 1.58. The van der Waals surface area contributed by atoms with Gasteiger partial charge in [-0.15, -0.1) is 0 Å². The van der Waals surface area contributed by atoms with E-state index in [1.807, 2.05) is 17.9 Å². The minimum atomic E-state index is -0.0146. The van der Waals surface area contributed by atoms with Gasteiger partial charge in [-0.1, -0.05) is 0 Å². The molecule has 0 unspecified atom stereocenters. The molecule has 0 radical (unpaired) electrons. The predicted octanol–water partition coefficient (Wildman–Crippen LogP) is 1.85. The highest BCUT2D eigenvalue weighted by molar-refractivity contribution is 5.99. The van der Waals surface area contributed by atoms with Gasteiger partial charge < -0.3 is 4.90 Å². The van der Waals surface area contributed by atoms with Gasteiger partial charge in [0.2, 0.25) is 0 Å². The largest absolute Gasteiger partial charge is 0.338 e. The number of fused-ring (bicyclic) bond motifs is 1. The minimum absolute atomic E-state index is 0.0146. The van der Waals surface area contributed by atoms with Crippen molar-refractivity contribution < 1.29 is 4.79 Å². The smallest absolute Gasteiger partial charge is 0.259 e. The fraction of sp³-hybridized carbons (Fsp3) is 0.353. The van der Waals surface area contributed by atoms with Gasteiger partial charge in [0, 0.05) is 43.3 Å². The second kappa shape index (κ2) is 5.99. The Morgan fingerprint density at radius 1 is 1.29 bits per heavy atom. The Bertz CT molecular complexity index is 889. The summed E-state index contributed by atoms with van der Waals surface area (Å²) < 4.78 is 1.63. The lowest BCUT2D eigenvalue weighted by atomic mass is 9.94. The van der Waals surface area contributed by atoms with Crippen LogP contribution in [0.2, 0.25) is 0 Å². The number of nitrogens with zero attached hydrogens (tertiary/aromatic N) is 6. The number of aromatic nitrogens is 5. The molecule has 0 spiro atoms. The number of hydrogen-bond acceptors (Lipinski definition) is 5. The van der Waals surface area contributed by atoms with Crippen molar-refractivity contribution in [1.29, 1.82) is 0 Å². The molecule has 1 amide bonds. The fourth-order valence-electron chi connectivity index (χ4n) is 3.25. The van der Waals surface area contributed by atoms with Crippen molar-refractivity contribution in [3.05, 3.63) is 54.0 Å². The summed E-state index contributed by atoms with van der Waals surface area (Å²) in [5.74, 6) is 1.00. The third-order valence-electron chi connectivity index (χ3n) is 4.43. The minimum Gasteiger partial charge on any atom is -0.338 e. The van der Waals surface area contributed by atoms with E-state index >= 15 is 0 Å². The molecule has 0 aromatic carbocycles. The summed E-state index contributed by atoms with van der Waals surface area (Å²) in [6.07, 6.45) is 8.86. The monoisotopic (exact) mass is 322 g/mol. The summed E-state index contributed by atoms with van der Waals surface area (Å²) in [4.78, 5) is 27.8. The van der Waals surface area contributed by atoms with Gasteiger partial charge in [0.1, 0.15) is 11.4 Å². The maximum atomic E-state index is 12.9. The number of piperidine rings is 1. The molecule has 4 rings (SSSR count). The van der Waals surface area contributed by atoms with Crippen LogP contribution >= 0.6 is 0 Å². The number of aryl methyl sites for hydroxylation is 1. The van der Waals surface area contributed by atoms with Gasteiger partial charge in [-0.05, 0) is 31.9 Å². The van der Waals surface area contributed by atoms with Crippen LogP contribution in [0.25, 0.3) is 5.65 Å². The summed E-state index contributed by atoms with van der Waals surface area (Å²) in [7, 11) is 0. The van der Waals surface area contributed by atoms with Crippen molar-refractivity contribution in [2.24, 2.45) is 0 Å². The van der Waals surface area contributed by atoms with Gasteiger partial charge in [-0.25, -0.2) is 19.5 Å². The maximum absolute atomic E-state index is 12.9. The summed E-state index contributed by atoms with van der Waals surface area (Å²) in [5.41, 5.74) is 2.16. The number of hydrogen-bond donors (Lipinski definition) is 0. The van der Waals surface area contributed by atoms with Crippen LogP contribution in [0.3, 0.4) is 0 Å². The van der Waals surface area contributed by atoms with Crippen LogP contribution in [-0.2, 0) is 0 Å². The van der Waals surface area contributed by atoms with Crippen molar-refractivity contribution in [1.82, 2.24) is 29.5 Å². The highest BCUT2D eigenvalue weighted by atomic mass is 16.2. The molecular formula is C17H18N6O. The van der Waals surface area contributed by atoms with Crippen molar-refractivity contribution in [2.75, 3.05) is 13.1 Å². The molecule has 0 N–H and O–H groups in total. The Hall–Kier alpha value is -2.83. The molecule has 3 aromatic heterocycles. The zero-order valence-corrected chi connectivity index (χ0v) is 13.5. The summed E-state index contributed by atoms with van der Waals surface area (Å²) in [6, 6.07) is 3.74. The van der Waals surface area contributed by atoms with Gasteiger partial charge in [0.15, 0.2) is 5.65 Å². The van der Waals surface area contributed by atoms with Gasteiger partial charge in [-0.2, -0.15) is 5.10 Å². The highest BCUT2D eigenvalue weighted by Crippen LogP contribution is 2.26. The second-order valence-electron chi connectivity index (χ2n) is 6.07. The van der Waals surface area contributed by atoms with E-state index in [0.717, 1.165) is 30.9 Å². The number of rotatable bonds is 2. The molecule has 3 aromatic rings. The van der Waals surface area contributed by atoms with Gasteiger partial charge in [-0.3, -0.25) is 4.79 Å². The summed E-state index contributed by atoms with van der Waals surface area (Å²) >= 11 is 0. The van der Waals surface area contributed by atoms with Crippen LogP contribution in [0, 0.1) is 6.92 Å². The molecule has 1 fully saturated rings. The fourth-order valence-corrected chi connectivity index (χ4v) is 3.25. The van der Waals surface area contributed by atoms with Crippen LogP contribution in [-0.4, -0.2) is 48.5 Å². The van der Waals surface area contributed by atoms with Crippen LogP contribution in [0.1, 0.15) is 40.6 Å². The second-order valence-corrected chi connectivity index (χ2v) is 6.07. The molecule has 7 nitrogen and oxygen atoms in total. The molecule has 4 heterocycles. The van der Waals surface area contributed by atoms with E-state index < -0.39 is 0 Å². The topological polar surface area (TPSA) is 76.3 Å². The first kappa shape index (κ1) is 14.7. The molecule has 122 valence electrons. The van der Waals surface area contributed by atoms with Gasteiger partial charge in [0.25, 0.3) is 5.91 Å². The average Bonchev–Trinajstić information content (AvgIpc) is 3.05. The average molecular weight is 322 g/mol. The molecule has 0 bridgehead atoms. The van der Waals surface area contributed by atoms with E-state index in [-0.39, 0.29) is 11.8 Å². The van der Waals surface area contributed by atoms with E-state index in [1.54, 1.807) is 35.4 Å². The summed E-state index contributed by atoms with van der Waals surface area (Å²) in [5, 5.41) is 4.21. The van der Waals surface area contributed by atoms with Crippen molar-refractivity contribution in [3.8, 4) is 0 Å². The first-order valence-corrected chi connectivity index (χ1v) is 8.09. The van der Waals surface area contributed by atoms with Gasteiger partial charge in [0.05, 0.1) is 6.20 Å². The number of amides is 1. The molecule has 0 saturated carbocycles. The Kier molecular flexibility index (Phi) is 3.68. The number of carbonyl (C=O) groups excluding carboxylic acids is 1. The van der Waals surface area contributed by atoms with Crippen LogP contribution in [0.15, 0.2) is 36.9 Å². The molecule has 1 aliphatic heterocycles.